The van der Waals surface area contributed by atoms with Gasteiger partial charge in [0.15, 0.2) is 0 Å². The molecule has 5 nitrogen and oxygen atoms in total. The molecule has 0 bridgehead atoms. The van der Waals surface area contributed by atoms with E-state index < -0.39 is 0 Å². The average Bonchev–Trinajstić information content (AvgIpc) is 3.35. The molecule has 0 aliphatic carbocycles. The van der Waals surface area contributed by atoms with E-state index in [1.165, 1.54) is 17.0 Å². The van der Waals surface area contributed by atoms with E-state index in [1.807, 2.05) is 48.4 Å². The quantitative estimate of drug-likeness (QED) is 0.438. The van der Waals surface area contributed by atoms with Crippen molar-refractivity contribution in [2.45, 2.75) is 38.8 Å². The van der Waals surface area contributed by atoms with Crippen LogP contribution < -0.4 is 4.74 Å². The van der Waals surface area contributed by atoms with Crippen LogP contribution in [0.1, 0.15) is 47.1 Å². The van der Waals surface area contributed by atoms with Gasteiger partial charge in [0, 0.05) is 23.0 Å². The summed E-state index contributed by atoms with van der Waals surface area (Å²) in [7, 11) is 0. The maximum Gasteiger partial charge on any atom is 0.254 e. The molecule has 0 unspecified atom stereocenters. The van der Waals surface area contributed by atoms with Crippen molar-refractivity contribution in [3.05, 3.63) is 87.9 Å². The highest BCUT2D eigenvalue weighted by Crippen LogP contribution is 2.34. The van der Waals surface area contributed by atoms with Gasteiger partial charge in [-0.05, 0) is 73.2 Å². The van der Waals surface area contributed by atoms with Gasteiger partial charge in [-0.25, -0.2) is 4.39 Å². The van der Waals surface area contributed by atoms with Crippen LogP contribution >= 0.6 is 11.3 Å². The average molecular weight is 481 g/mol. The number of carbonyl (C=O) groups is 2. The second-order valence-corrected chi connectivity index (χ2v) is 9.47. The van der Waals surface area contributed by atoms with Gasteiger partial charge in [0.05, 0.1) is 6.04 Å². The molecule has 2 amide bonds. The number of thiophene rings is 1. The lowest BCUT2D eigenvalue weighted by Gasteiger charge is -2.38. The van der Waals surface area contributed by atoms with E-state index in [4.69, 9.17) is 4.74 Å². The molecule has 0 N–H and O–H groups in total. The number of amides is 2. The number of ether oxygens (including phenoxy) is 1. The van der Waals surface area contributed by atoms with Crippen LogP contribution in [0.5, 0.6) is 5.75 Å². The summed E-state index contributed by atoms with van der Waals surface area (Å²) in [6.45, 7) is 4.82. The third-order valence-corrected chi connectivity index (χ3v) is 7.34. The maximum atomic E-state index is 13.6. The number of hydrogen-bond acceptors (Lipinski definition) is 4. The van der Waals surface area contributed by atoms with Gasteiger partial charge in [0.25, 0.3) is 5.91 Å². The number of fused-ring (bicyclic) bond motifs is 1. The number of rotatable bonds is 8. The summed E-state index contributed by atoms with van der Waals surface area (Å²) < 4.78 is 19.2. The zero-order chi connectivity index (χ0) is 24.1. The summed E-state index contributed by atoms with van der Waals surface area (Å²) in [6.07, 6.45) is 1.53. The smallest absolute Gasteiger partial charge is 0.254 e. The number of halogens is 1. The minimum atomic E-state index is -0.324. The third kappa shape index (κ3) is 5.30. The normalized spacial score (nSPS) is 16.0. The minimum absolute atomic E-state index is 0.00918. The van der Waals surface area contributed by atoms with Gasteiger partial charge in [-0.3, -0.25) is 9.59 Å². The molecule has 0 saturated heterocycles. The largest absolute Gasteiger partial charge is 0.491 e. The van der Waals surface area contributed by atoms with E-state index in [1.54, 1.807) is 40.5 Å². The number of carbonyl (C=O) groups excluding carboxylic acids is 2. The second-order valence-electron chi connectivity index (χ2n) is 8.47. The number of hydrogen-bond donors (Lipinski definition) is 0. The van der Waals surface area contributed by atoms with E-state index >= 15 is 0 Å². The van der Waals surface area contributed by atoms with E-state index in [2.05, 4.69) is 0 Å². The summed E-state index contributed by atoms with van der Waals surface area (Å²) in [5.41, 5.74) is 1.65. The van der Waals surface area contributed by atoms with Crippen molar-refractivity contribution in [2.75, 3.05) is 19.7 Å². The lowest BCUT2D eigenvalue weighted by atomic mass is 10.00. The lowest BCUT2D eigenvalue weighted by Crippen LogP contribution is -2.49. The van der Waals surface area contributed by atoms with Crippen molar-refractivity contribution in [3.63, 3.8) is 0 Å². The fourth-order valence-electron chi connectivity index (χ4n) is 4.21. The van der Waals surface area contributed by atoms with Crippen LogP contribution in [0.25, 0.3) is 0 Å². The molecule has 1 aromatic heterocycles. The fourth-order valence-corrected chi connectivity index (χ4v) is 5.14. The Morgan fingerprint density at radius 3 is 2.59 bits per heavy atom. The Labute approximate surface area is 203 Å². The van der Waals surface area contributed by atoms with Gasteiger partial charge in [0.1, 0.15) is 24.7 Å². The van der Waals surface area contributed by atoms with Crippen LogP contribution in [0.15, 0.2) is 66.0 Å². The Kier molecular flexibility index (Phi) is 7.63. The molecule has 0 saturated carbocycles. The Morgan fingerprint density at radius 2 is 1.88 bits per heavy atom. The lowest BCUT2D eigenvalue weighted by molar-refractivity contribution is -0.136. The van der Waals surface area contributed by atoms with Crippen LogP contribution in [0, 0.1) is 5.82 Å². The Hall–Kier alpha value is -3.19. The Bertz CT molecular complexity index is 1120. The predicted molar refractivity (Wildman–Crippen MR) is 132 cm³/mol. The van der Waals surface area contributed by atoms with Crippen LogP contribution in [0.3, 0.4) is 0 Å². The standard InChI is InChI=1S/C27H29FN2O3S/c1-3-19(2)30(27(32)20-7-5-4-6-8-20)17-26(31)29-15-13-25-23(14-16-34-25)24(29)18-33-22-11-9-21(28)10-12-22/h4-12,14,16,19,24H,3,13,15,17-18H2,1-2H3/t19-,24+/m0/s1. The Morgan fingerprint density at radius 1 is 1.15 bits per heavy atom. The predicted octanol–water partition coefficient (Wildman–Crippen LogP) is 5.33. The summed E-state index contributed by atoms with van der Waals surface area (Å²) in [4.78, 5) is 31.6. The van der Waals surface area contributed by atoms with Crippen LogP contribution in [0.4, 0.5) is 4.39 Å². The molecule has 2 aromatic carbocycles. The van der Waals surface area contributed by atoms with Crippen LogP contribution in [0.2, 0.25) is 0 Å². The molecule has 2 atom stereocenters. The molecule has 3 aromatic rings. The van der Waals surface area contributed by atoms with Crippen molar-refractivity contribution >= 4 is 23.2 Å². The first-order chi connectivity index (χ1) is 16.5. The topological polar surface area (TPSA) is 49.9 Å². The number of benzene rings is 2. The first kappa shape index (κ1) is 24.0. The summed E-state index contributed by atoms with van der Waals surface area (Å²) >= 11 is 1.68. The first-order valence-electron chi connectivity index (χ1n) is 11.6. The number of nitrogens with zero attached hydrogens (tertiary/aromatic N) is 2. The minimum Gasteiger partial charge on any atom is -0.491 e. The van der Waals surface area contributed by atoms with Crippen molar-refractivity contribution < 1.29 is 18.7 Å². The summed E-state index contributed by atoms with van der Waals surface area (Å²) in [5, 5.41) is 2.04. The molecule has 0 spiro atoms. The highest BCUT2D eigenvalue weighted by molar-refractivity contribution is 7.10. The van der Waals surface area contributed by atoms with E-state index in [9.17, 15) is 14.0 Å². The van der Waals surface area contributed by atoms with Gasteiger partial charge < -0.3 is 14.5 Å². The molecule has 0 fully saturated rings. The molecular formula is C27H29FN2O3S. The van der Waals surface area contributed by atoms with Crippen molar-refractivity contribution in [3.8, 4) is 5.75 Å². The highest BCUT2D eigenvalue weighted by Gasteiger charge is 2.34. The molecule has 7 heteroatoms. The zero-order valence-electron chi connectivity index (χ0n) is 19.4. The Balaban J connectivity index is 1.54. The van der Waals surface area contributed by atoms with E-state index in [-0.39, 0.29) is 42.9 Å². The van der Waals surface area contributed by atoms with Gasteiger partial charge in [-0.15, -0.1) is 11.3 Å². The first-order valence-corrected chi connectivity index (χ1v) is 12.5. The highest BCUT2D eigenvalue weighted by atomic mass is 32.1. The molecule has 2 heterocycles. The summed E-state index contributed by atoms with van der Waals surface area (Å²) in [5.74, 6) is -0.0171. The molecule has 1 aliphatic rings. The monoisotopic (exact) mass is 480 g/mol. The van der Waals surface area contributed by atoms with Crippen LogP contribution in [-0.4, -0.2) is 47.4 Å². The van der Waals surface area contributed by atoms with Gasteiger partial charge in [0.2, 0.25) is 5.91 Å². The SMILES string of the molecule is CC[C@H](C)N(CC(=O)N1CCc2sccc2[C@H]1COc1ccc(F)cc1)C(=O)c1ccccc1. The zero-order valence-corrected chi connectivity index (χ0v) is 20.3. The van der Waals surface area contributed by atoms with Crippen molar-refractivity contribution in [2.24, 2.45) is 0 Å². The van der Waals surface area contributed by atoms with Gasteiger partial charge in [-0.2, -0.15) is 0 Å². The summed E-state index contributed by atoms with van der Waals surface area (Å²) in [6, 6.07) is 16.7. The third-order valence-electron chi connectivity index (χ3n) is 6.35. The fraction of sp³-hybridized carbons (Fsp3) is 0.333. The molecule has 4 rings (SSSR count). The van der Waals surface area contributed by atoms with Gasteiger partial charge in [-0.1, -0.05) is 25.1 Å². The second kappa shape index (κ2) is 10.8. The molecule has 178 valence electrons. The van der Waals surface area contributed by atoms with Crippen molar-refractivity contribution in [1.29, 1.82) is 0 Å². The van der Waals surface area contributed by atoms with E-state index in [0.717, 1.165) is 18.4 Å². The van der Waals surface area contributed by atoms with Crippen LogP contribution in [-0.2, 0) is 11.2 Å². The molecule has 34 heavy (non-hydrogen) atoms. The van der Waals surface area contributed by atoms with Crippen molar-refractivity contribution in [1.82, 2.24) is 9.80 Å². The molecular weight excluding hydrogens is 451 g/mol. The maximum absolute atomic E-state index is 13.6. The molecule has 0 radical (unpaired) electrons. The van der Waals surface area contributed by atoms with E-state index in [0.29, 0.717) is 17.9 Å². The van der Waals surface area contributed by atoms with Gasteiger partial charge >= 0.3 is 0 Å². The molecule has 1 aliphatic heterocycles.